The van der Waals surface area contributed by atoms with Crippen molar-refractivity contribution < 1.29 is 23.1 Å². The second-order valence-electron chi connectivity index (χ2n) is 8.37. The lowest BCUT2D eigenvalue weighted by Gasteiger charge is -2.37. The fourth-order valence-corrected chi connectivity index (χ4v) is 6.21. The maximum Gasteiger partial charge on any atom is 0.306 e. The van der Waals surface area contributed by atoms with E-state index in [4.69, 9.17) is 4.74 Å². The summed E-state index contributed by atoms with van der Waals surface area (Å²) >= 11 is 0. The van der Waals surface area contributed by atoms with E-state index in [0.717, 1.165) is 31.2 Å². The average Bonchev–Trinajstić information content (AvgIpc) is 2.80. The summed E-state index contributed by atoms with van der Waals surface area (Å²) in [6, 6.07) is 16.4. The van der Waals surface area contributed by atoms with Crippen molar-refractivity contribution in [1.82, 2.24) is 4.90 Å². The smallest absolute Gasteiger partial charge is 0.306 e. The van der Waals surface area contributed by atoms with E-state index in [1.807, 2.05) is 35.2 Å². The third kappa shape index (κ3) is 6.11. The first-order valence-corrected chi connectivity index (χ1v) is 12.9. The summed E-state index contributed by atoms with van der Waals surface area (Å²) in [4.78, 5) is 13.7. The van der Waals surface area contributed by atoms with Crippen LogP contribution in [0.1, 0.15) is 51.0 Å². The molecule has 2 aromatic rings. The largest absolute Gasteiger partial charge is 0.492 e. The molecule has 0 spiro atoms. The molecule has 0 bridgehead atoms. The summed E-state index contributed by atoms with van der Waals surface area (Å²) in [5.41, 5.74) is 1.00. The molecule has 1 heterocycles. The van der Waals surface area contributed by atoms with Crippen LogP contribution in [0.4, 0.5) is 0 Å². The fraction of sp³-hybridized carbons (Fsp3) is 0.480. The number of sulfone groups is 1. The molecule has 1 aliphatic heterocycles. The summed E-state index contributed by atoms with van der Waals surface area (Å²) in [5, 5.41) is 8.66. The van der Waals surface area contributed by atoms with Gasteiger partial charge in [0.1, 0.15) is 16.0 Å². The minimum absolute atomic E-state index is 0.0648. The van der Waals surface area contributed by atoms with Crippen molar-refractivity contribution in [3.8, 4) is 5.75 Å². The minimum atomic E-state index is -3.84. The molecule has 1 saturated heterocycles. The molecule has 0 aliphatic carbocycles. The van der Waals surface area contributed by atoms with E-state index in [2.05, 4.69) is 6.92 Å². The van der Waals surface area contributed by atoms with E-state index in [9.17, 15) is 18.3 Å². The Morgan fingerprint density at radius 1 is 1.06 bits per heavy atom. The Morgan fingerprint density at radius 3 is 2.50 bits per heavy atom. The fourth-order valence-electron chi connectivity index (χ4n) is 4.18. The van der Waals surface area contributed by atoms with Gasteiger partial charge in [-0.25, -0.2) is 8.42 Å². The molecule has 0 radical (unpaired) electrons. The van der Waals surface area contributed by atoms with Gasteiger partial charge in [-0.1, -0.05) is 68.7 Å². The van der Waals surface area contributed by atoms with Gasteiger partial charge in [-0.2, -0.15) is 0 Å². The number of unbranched alkanes of at least 4 members (excludes halogenated alkanes) is 3. The Balaban J connectivity index is 1.86. The zero-order chi connectivity index (χ0) is 23.0. The minimum Gasteiger partial charge on any atom is -0.492 e. The van der Waals surface area contributed by atoms with Gasteiger partial charge in [-0.3, -0.25) is 9.69 Å². The van der Waals surface area contributed by atoms with E-state index in [0.29, 0.717) is 31.9 Å². The lowest BCUT2D eigenvalue weighted by molar-refractivity contribution is -0.143. The second-order valence-corrected chi connectivity index (χ2v) is 10.4. The molecule has 2 unspecified atom stereocenters. The summed E-state index contributed by atoms with van der Waals surface area (Å²) in [6.45, 7) is 3.47. The highest BCUT2D eigenvalue weighted by molar-refractivity contribution is 7.92. The molecule has 0 aromatic heterocycles. The second kappa shape index (κ2) is 11.5. The molecule has 32 heavy (non-hydrogen) atoms. The van der Waals surface area contributed by atoms with Crippen LogP contribution in [0.25, 0.3) is 0 Å². The zero-order valence-electron chi connectivity index (χ0n) is 18.7. The molecule has 2 aromatic carbocycles. The molecule has 6 nitrogen and oxygen atoms in total. The van der Waals surface area contributed by atoms with E-state index in [1.54, 1.807) is 24.3 Å². The quantitative estimate of drug-likeness (QED) is 0.489. The van der Waals surface area contributed by atoms with Crippen molar-refractivity contribution in [2.45, 2.75) is 62.3 Å². The van der Waals surface area contributed by atoms with Crippen molar-refractivity contribution >= 4 is 15.8 Å². The monoisotopic (exact) mass is 459 g/mol. The van der Waals surface area contributed by atoms with Gasteiger partial charge in [0, 0.05) is 13.1 Å². The van der Waals surface area contributed by atoms with Crippen LogP contribution in [-0.4, -0.2) is 42.9 Å². The summed E-state index contributed by atoms with van der Waals surface area (Å²) < 4.78 is 33.5. The van der Waals surface area contributed by atoms with Crippen LogP contribution in [0.3, 0.4) is 0 Å². The molecule has 1 N–H and O–H groups in total. The lowest BCUT2D eigenvalue weighted by Crippen LogP contribution is -2.48. The number of benzene rings is 2. The third-order valence-electron chi connectivity index (χ3n) is 6.01. The van der Waals surface area contributed by atoms with Gasteiger partial charge in [0.15, 0.2) is 9.84 Å². The van der Waals surface area contributed by atoms with E-state index < -0.39 is 27.1 Å². The number of carboxylic acids is 1. The Labute approximate surface area is 191 Å². The maximum atomic E-state index is 13.8. The van der Waals surface area contributed by atoms with E-state index in [1.165, 1.54) is 0 Å². The van der Waals surface area contributed by atoms with Gasteiger partial charge in [-0.15, -0.1) is 0 Å². The predicted octanol–water partition coefficient (Wildman–Crippen LogP) is 4.74. The van der Waals surface area contributed by atoms with Gasteiger partial charge in [0.05, 0.1) is 12.5 Å². The number of hydrogen-bond acceptors (Lipinski definition) is 5. The molecule has 7 heteroatoms. The van der Waals surface area contributed by atoms with Gasteiger partial charge in [0.25, 0.3) is 0 Å². The standard InChI is InChI=1S/C25H33NO5S/c1-2-3-4-10-17-31-22-13-8-9-14-23(22)32(29,30)24-18-21(25(27)28)15-16-26(24)19-20-11-6-5-7-12-20/h5-9,11-14,21,24H,2-4,10,15-19H2,1H3,(H,27,28). The van der Waals surface area contributed by atoms with Crippen molar-refractivity contribution in [3.63, 3.8) is 0 Å². The molecule has 2 atom stereocenters. The van der Waals surface area contributed by atoms with E-state index >= 15 is 0 Å². The highest BCUT2D eigenvalue weighted by Crippen LogP contribution is 2.35. The molecule has 1 fully saturated rings. The Bertz CT molecular complexity index is 977. The number of piperidine rings is 1. The predicted molar refractivity (Wildman–Crippen MR) is 124 cm³/mol. The highest BCUT2D eigenvalue weighted by atomic mass is 32.2. The summed E-state index contributed by atoms with van der Waals surface area (Å²) in [5.74, 6) is -1.27. The van der Waals surface area contributed by atoms with Gasteiger partial charge >= 0.3 is 5.97 Å². The van der Waals surface area contributed by atoms with Gasteiger partial charge in [-0.05, 0) is 37.0 Å². The van der Waals surface area contributed by atoms with Crippen LogP contribution in [0, 0.1) is 5.92 Å². The first-order chi connectivity index (χ1) is 15.4. The van der Waals surface area contributed by atoms with Crippen molar-refractivity contribution in [3.05, 3.63) is 60.2 Å². The number of carboxylic acid groups (broad SMARTS) is 1. The lowest BCUT2D eigenvalue weighted by atomic mass is 9.96. The Morgan fingerprint density at radius 2 is 1.78 bits per heavy atom. The third-order valence-corrected chi connectivity index (χ3v) is 8.16. The van der Waals surface area contributed by atoms with Gasteiger partial charge < -0.3 is 9.84 Å². The van der Waals surface area contributed by atoms with Crippen molar-refractivity contribution in [1.29, 1.82) is 0 Å². The molecule has 0 saturated carbocycles. The zero-order valence-corrected chi connectivity index (χ0v) is 19.5. The maximum absolute atomic E-state index is 13.8. The Hall–Kier alpha value is -2.38. The molecule has 1 aliphatic rings. The SMILES string of the molecule is CCCCCCOc1ccccc1S(=O)(=O)C1CC(C(=O)O)CCN1Cc1ccccc1. The first kappa shape index (κ1) is 24.3. The number of para-hydroxylation sites is 1. The molecular weight excluding hydrogens is 426 g/mol. The summed E-state index contributed by atoms with van der Waals surface area (Å²) in [7, 11) is -3.84. The van der Waals surface area contributed by atoms with Crippen LogP contribution in [0.15, 0.2) is 59.5 Å². The average molecular weight is 460 g/mol. The van der Waals surface area contributed by atoms with E-state index in [-0.39, 0.29) is 11.3 Å². The number of hydrogen-bond donors (Lipinski definition) is 1. The topological polar surface area (TPSA) is 83.9 Å². The summed E-state index contributed by atoms with van der Waals surface area (Å²) in [6.07, 6.45) is 4.65. The number of aliphatic carboxylic acids is 1. The van der Waals surface area contributed by atoms with Crippen LogP contribution in [0.5, 0.6) is 5.75 Å². The number of ether oxygens (including phenoxy) is 1. The number of nitrogens with zero attached hydrogens (tertiary/aromatic N) is 1. The number of likely N-dealkylation sites (tertiary alicyclic amines) is 1. The molecule has 0 amide bonds. The van der Waals surface area contributed by atoms with Crippen molar-refractivity contribution in [2.75, 3.05) is 13.2 Å². The number of carbonyl (C=O) groups is 1. The van der Waals surface area contributed by atoms with Crippen molar-refractivity contribution in [2.24, 2.45) is 5.92 Å². The van der Waals surface area contributed by atoms with Crippen LogP contribution >= 0.6 is 0 Å². The number of rotatable bonds is 11. The van der Waals surface area contributed by atoms with Crippen LogP contribution in [0.2, 0.25) is 0 Å². The first-order valence-electron chi connectivity index (χ1n) is 11.4. The normalized spacial score (nSPS) is 19.5. The van der Waals surface area contributed by atoms with Crippen LogP contribution < -0.4 is 4.74 Å². The van der Waals surface area contributed by atoms with Gasteiger partial charge in [0.2, 0.25) is 0 Å². The van der Waals surface area contributed by atoms with Crippen LogP contribution in [-0.2, 0) is 21.2 Å². The molecular formula is C25H33NO5S. The highest BCUT2D eigenvalue weighted by Gasteiger charge is 2.41. The molecule has 174 valence electrons. The molecule has 3 rings (SSSR count). The Kier molecular flexibility index (Phi) is 8.70.